The van der Waals surface area contributed by atoms with Crippen molar-refractivity contribution < 1.29 is 4.74 Å². The molecule has 0 heterocycles. The van der Waals surface area contributed by atoms with Gasteiger partial charge in [0.2, 0.25) is 0 Å². The molecule has 1 aromatic rings. The Hall–Kier alpha value is -1.28. The molecule has 0 fully saturated rings. The molecular weight excluding hydrogens is 234 g/mol. The molecule has 0 aliphatic carbocycles. The van der Waals surface area contributed by atoms with E-state index in [-0.39, 0.29) is 6.10 Å². The number of ether oxygens (including phenoxy) is 1. The molecule has 0 saturated carbocycles. The number of rotatable bonds is 8. The second-order valence-corrected chi connectivity index (χ2v) is 5.09. The van der Waals surface area contributed by atoms with Gasteiger partial charge >= 0.3 is 0 Å². The average Bonchev–Trinajstić information content (AvgIpc) is 2.38. The van der Waals surface area contributed by atoms with Crippen LogP contribution in [0.3, 0.4) is 0 Å². The van der Waals surface area contributed by atoms with Gasteiger partial charge in [0.1, 0.15) is 5.75 Å². The normalized spacial score (nSPS) is 11.9. The molecule has 0 radical (unpaired) electrons. The van der Waals surface area contributed by atoms with Crippen LogP contribution in [-0.4, -0.2) is 19.2 Å². The summed E-state index contributed by atoms with van der Waals surface area (Å²) in [6.07, 6.45) is 4.74. The third-order valence-corrected chi connectivity index (χ3v) is 2.87. The Morgan fingerprint density at radius 2 is 2.00 bits per heavy atom. The highest BCUT2D eigenvalue weighted by molar-refractivity contribution is 5.68. The van der Waals surface area contributed by atoms with Crippen LogP contribution in [0.1, 0.15) is 46.1 Å². The lowest BCUT2D eigenvalue weighted by Gasteiger charge is -2.14. The summed E-state index contributed by atoms with van der Waals surface area (Å²) in [6, 6.07) is 8.26. The standard InChI is InChI=1S/C17H27NO/c1-5-12-18-13-8-9-15(4)16-10-6-7-11-17(16)19-14(2)3/h6-7,9-11,14,18H,5,8,12-13H2,1-4H3. The molecule has 0 bridgehead atoms. The largest absolute Gasteiger partial charge is 0.490 e. The monoisotopic (exact) mass is 261 g/mol. The lowest BCUT2D eigenvalue weighted by Crippen LogP contribution is -2.15. The topological polar surface area (TPSA) is 21.3 Å². The van der Waals surface area contributed by atoms with Gasteiger partial charge < -0.3 is 10.1 Å². The van der Waals surface area contributed by atoms with Gasteiger partial charge in [-0.2, -0.15) is 0 Å². The molecule has 0 spiro atoms. The van der Waals surface area contributed by atoms with Crippen molar-refractivity contribution in [1.29, 1.82) is 0 Å². The SMILES string of the molecule is CCCNCCC=C(C)c1ccccc1OC(C)C. The summed E-state index contributed by atoms with van der Waals surface area (Å²) in [6.45, 7) is 10.6. The molecule has 1 aromatic carbocycles. The molecule has 0 aliphatic heterocycles. The third-order valence-electron chi connectivity index (χ3n) is 2.87. The minimum atomic E-state index is 0.208. The van der Waals surface area contributed by atoms with E-state index in [0.29, 0.717) is 0 Å². The first-order valence-electron chi connectivity index (χ1n) is 7.28. The fraction of sp³-hybridized carbons (Fsp3) is 0.529. The van der Waals surface area contributed by atoms with Gasteiger partial charge in [0.05, 0.1) is 6.10 Å². The van der Waals surface area contributed by atoms with E-state index in [1.807, 2.05) is 12.1 Å². The molecule has 0 saturated heterocycles. The lowest BCUT2D eigenvalue weighted by atomic mass is 10.1. The van der Waals surface area contributed by atoms with Crippen LogP contribution >= 0.6 is 0 Å². The summed E-state index contributed by atoms with van der Waals surface area (Å²) in [5.41, 5.74) is 2.49. The third kappa shape index (κ3) is 5.93. The quantitative estimate of drug-likeness (QED) is 0.706. The minimum Gasteiger partial charge on any atom is -0.490 e. The molecule has 0 unspecified atom stereocenters. The van der Waals surface area contributed by atoms with Crippen LogP contribution < -0.4 is 10.1 Å². The first kappa shape index (κ1) is 15.8. The van der Waals surface area contributed by atoms with Crippen LogP contribution in [-0.2, 0) is 0 Å². The van der Waals surface area contributed by atoms with Crippen LogP contribution in [0.15, 0.2) is 30.3 Å². The number of nitrogens with one attached hydrogen (secondary N) is 1. The van der Waals surface area contributed by atoms with Gasteiger partial charge in [-0.05, 0) is 58.3 Å². The van der Waals surface area contributed by atoms with Crippen molar-refractivity contribution in [3.8, 4) is 5.75 Å². The highest BCUT2D eigenvalue weighted by Crippen LogP contribution is 2.26. The second-order valence-electron chi connectivity index (χ2n) is 5.09. The summed E-state index contributed by atoms with van der Waals surface area (Å²) in [5.74, 6) is 0.979. The number of hydrogen-bond acceptors (Lipinski definition) is 2. The summed E-state index contributed by atoms with van der Waals surface area (Å²) >= 11 is 0. The Balaban J connectivity index is 2.64. The van der Waals surface area contributed by atoms with Gasteiger partial charge in [-0.25, -0.2) is 0 Å². The minimum absolute atomic E-state index is 0.208. The maximum absolute atomic E-state index is 5.85. The van der Waals surface area contributed by atoms with Crippen LogP contribution in [0.2, 0.25) is 0 Å². The number of para-hydroxylation sites is 1. The lowest BCUT2D eigenvalue weighted by molar-refractivity contribution is 0.242. The van der Waals surface area contributed by atoms with E-state index >= 15 is 0 Å². The molecule has 2 heteroatoms. The fourth-order valence-corrected chi connectivity index (χ4v) is 1.95. The van der Waals surface area contributed by atoms with E-state index in [1.54, 1.807) is 0 Å². The van der Waals surface area contributed by atoms with Gasteiger partial charge in [-0.3, -0.25) is 0 Å². The zero-order chi connectivity index (χ0) is 14.1. The Bertz CT molecular complexity index is 396. The smallest absolute Gasteiger partial charge is 0.127 e. The van der Waals surface area contributed by atoms with Crippen LogP contribution in [0, 0.1) is 0 Å². The van der Waals surface area contributed by atoms with Crippen molar-refractivity contribution in [2.24, 2.45) is 0 Å². The maximum Gasteiger partial charge on any atom is 0.127 e. The van der Waals surface area contributed by atoms with Crippen molar-refractivity contribution in [3.63, 3.8) is 0 Å². The van der Waals surface area contributed by atoms with Gasteiger partial charge in [-0.1, -0.05) is 31.2 Å². The first-order valence-corrected chi connectivity index (χ1v) is 7.28. The molecule has 106 valence electrons. The molecule has 0 atom stereocenters. The molecular formula is C17H27NO. The maximum atomic E-state index is 5.85. The van der Waals surface area contributed by atoms with E-state index in [4.69, 9.17) is 4.74 Å². The number of allylic oxidation sites excluding steroid dienone is 1. The fourth-order valence-electron chi connectivity index (χ4n) is 1.95. The predicted molar refractivity (Wildman–Crippen MR) is 83.6 cm³/mol. The zero-order valence-electron chi connectivity index (χ0n) is 12.7. The predicted octanol–water partition coefficient (Wildman–Crippen LogP) is 4.27. The van der Waals surface area contributed by atoms with Crippen LogP contribution in [0.5, 0.6) is 5.75 Å². The van der Waals surface area contributed by atoms with Crippen LogP contribution in [0.4, 0.5) is 0 Å². The van der Waals surface area contributed by atoms with Crippen molar-refractivity contribution >= 4 is 5.57 Å². The van der Waals surface area contributed by atoms with Gasteiger partial charge in [0.15, 0.2) is 0 Å². The van der Waals surface area contributed by atoms with E-state index < -0.39 is 0 Å². The Morgan fingerprint density at radius 3 is 2.68 bits per heavy atom. The Labute approximate surface area is 117 Å². The molecule has 0 aromatic heterocycles. The molecule has 2 nitrogen and oxygen atoms in total. The van der Waals surface area contributed by atoms with Gasteiger partial charge in [-0.15, -0.1) is 0 Å². The Kier molecular flexibility index (Phi) is 7.27. The summed E-state index contributed by atoms with van der Waals surface area (Å²) < 4.78 is 5.85. The second kappa shape index (κ2) is 8.76. The Morgan fingerprint density at radius 1 is 1.26 bits per heavy atom. The summed E-state index contributed by atoms with van der Waals surface area (Å²) in [7, 11) is 0. The van der Waals surface area contributed by atoms with Gasteiger partial charge in [0, 0.05) is 5.56 Å². The summed E-state index contributed by atoms with van der Waals surface area (Å²) in [4.78, 5) is 0. The number of hydrogen-bond donors (Lipinski definition) is 1. The van der Waals surface area contributed by atoms with Crippen molar-refractivity contribution in [2.45, 2.75) is 46.6 Å². The number of benzene rings is 1. The molecule has 19 heavy (non-hydrogen) atoms. The van der Waals surface area contributed by atoms with E-state index in [1.165, 1.54) is 17.6 Å². The van der Waals surface area contributed by atoms with Crippen molar-refractivity contribution in [1.82, 2.24) is 5.32 Å². The van der Waals surface area contributed by atoms with E-state index in [0.717, 1.165) is 25.3 Å². The first-order chi connectivity index (χ1) is 9.15. The highest BCUT2D eigenvalue weighted by atomic mass is 16.5. The molecule has 0 amide bonds. The van der Waals surface area contributed by atoms with E-state index in [9.17, 15) is 0 Å². The van der Waals surface area contributed by atoms with Crippen LogP contribution in [0.25, 0.3) is 5.57 Å². The zero-order valence-corrected chi connectivity index (χ0v) is 12.7. The average molecular weight is 261 g/mol. The molecule has 1 rings (SSSR count). The van der Waals surface area contributed by atoms with Crippen molar-refractivity contribution in [3.05, 3.63) is 35.9 Å². The van der Waals surface area contributed by atoms with Gasteiger partial charge in [0.25, 0.3) is 0 Å². The van der Waals surface area contributed by atoms with Crippen molar-refractivity contribution in [2.75, 3.05) is 13.1 Å². The molecule has 1 N–H and O–H groups in total. The molecule has 0 aliphatic rings. The van der Waals surface area contributed by atoms with E-state index in [2.05, 4.69) is 51.2 Å². The highest BCUT2D eigenvalue weighted by Gasteiger charge is 2.05. The summed E-state index contributed by atoms with van der Waals surface area (Å²) in [5, 5.41) is 3.41.